The lowest BCUT2D eigenvalue weighted by molar-refractivity contribution is -0.0459. The first-order valence-corrected chi connectivity index (χ1v) is 34.4. The maximum absolute atomic E-state index is 13.2. The summed E-state index contributed by atoms with van der Waals surface area (Å²) in [5, 5.41) is 20.2. The molecule has 7 heterocycles. The average molecular weight is 1220 g/mol. The Bertz CT molecular complexity index is 3820. The molecule has 1 saturated heterocycles. The summed E-state index contributed by atoms with van der Waals surface area (Å²) in [6.45, 7) is 32.1. The van der Waals surface area contributed by atoms with E-state index in [0.717, 1.165) is 133 Å². The fraction of sp³-hybridized carbons (Fsp3) is 0.519. The van der Waals surface area contributed by atoms with Crippen LogP contribution in [-0.2, 0) is 28.4 Å². The number of allylic oxidation sites excluding steroid dienone is 4. The molecule has 90 heavy (non-hydrogen) atoms. The van der Waals surface area contributed by atoms with Gasteiger partial charge in [-0.2, -0.15) is 0 Å². The Morgan fingerprint density at radius 1 is 0.578 bits per heavy atom. The maximum atomic E-state index is 13.2. The summed E-state index contributed by atoms with van der Waals surface area (Å²) in [6, 6.07) is 20.4. The number of hydrogen-bond donors (Lipinski definition) is 5. The summed E-state index contributed by atoms with van der Waals surface area (Å²) in [7, 11) is 0. The van der Waals surface area contributed by atoms with Crippen LogP contribution in [0.4, 0.5) is 0 Å². The molecule has 0 amide bonds. The summed E-state index contributed by atoms with van der Waals surface area (Å²) < 4.78 is 7.02. The molecule has 9 rings (SSSR count). The molecule has 1 fully saturated rings. The lowest BCUT2D eigenvalue weighted by Crippen LogP contribution is -2.33. The Morgan fingerprint density at radius 3 is 1.48 bits per heavy atom. The molecule has 8 bridgehead atoms. The van der Waals surface area contributed by atoms with Crippen LogP contribution >= 0.6 is 0 Å². The Morgan fingerprint density at radius 2 is 1.04 bits per heavy atom. The molecule has 11 heteroatoms. The Hall–Kier alpha value is -6.84. The Kier molecular flexibility index (Phi) is 22.2. The van der Waals surface area contributed by atoms with Gasteiger partial charge in [-0.1, -0.05) is 188 Å². The number of aromatic nitrogens is 6. The van der Waals surface area contributed by atoms with Crippen molar-refractivity contribution in [2.45, 2.75) is 261 Å². The second-order valence-corrected chi connectivity index (χ2v) is 28.2. The summed E-state index contributed by atoms with van der Waals surface area (Å²) >= 11 is 0. The van der Waals surface area contributed by atoms with E-state index >= 15 is 0 Å². The third-order valence-corrected chi connectivity index (χ3v) is 19.3. The van der Waals surface area contributed by atoms with Crippen LogP contribution in [0.3, 0.4) is 0 Å². The van der Waals surface area contributed by atoms with Gasteiger partial charge in [0.05, 0.1) is 46.5 Å². The molecule has 0 radical (unpaired) electrons. The number of fused-ring (bicyclic) bond motifs is 8. The molecule has 480 valence electrons. The van der Waals surface area contributed by atoms with Crippen LogP contribution in [0, 0.1) is 25.7 Å². The molecule has 0 unspecified atom stereocenters. The van der Waals surface area contributed by atoms with Crippen LogP contribution < -0.4 is 11.2 Å². The lowest BCUT2D eigenvalue weighted by Gasteiger charge is -2.26. The van der Waals surface area contributed by atoms with Crippen LogP contribution in [0.15, 0.2) is 70.4 Å². The first-order valence-electron chi connectivity index (χ1n) is 34.4. The van der Waals surface area contributed by atoms with Gasteiger partial charge in [0.25, 0.3) is 5.56 Å². The van der Waals surface area contributed by atoms with Crippen molar-refractivity contribution in [3.63, 3.8) is 0 Å². The van der Waals surface area contributed by atoms with Crippen LogP contribution in [0.1, 0.15) is 279 Å². The molecular formula is C79H104N6O5. The zero-order chi connectivity index (χ0) is 64.6. The number of aryl methyl sites for hydroxylation is 4. The van der Waals surface area contributed by atoms with Crippen molar-refractivity contribution in [2.24, 2.45) is 0 Å². The van der Waals surface area contributed by atoms with Crippen molar-refractivity contribution in [1.29, 1.82) is 0 Å². The zero-order valence-electron chi connectivity index (χ0n) is 57.0. The number of nitrogens with one attached hydrogen (secondary N) is 3. The van der Waals surface area contributed by atoms with Gasteiger partial charge in [0.2, 0.25) is 0 Å². The molecule has 0 saturated carbocycles. The molecule has 3 aliphatic heterocycles. The third kappa shape index (κ3) is 15.0. The van der Waals surface area contributed by atoms with Crippen LogP contribution in [0.25, 0.3) is 66.6 Å². The number of ether oxygens (including phenoxy) is 1. The van der Waals surface area contributed by atoms with Gasteiger partial charge in [0, 0.05) is 40.3 Å². The highest BCUT2D eigenvalue weighted by molar-refractivity contribution is 6.03. The van der Waals surface area contributed by atoms with Crippen molar-refractivity contribution in [1.82, 2.24) is 29.5 Å². The molecule has 11 nitrogen and oxygen atoms in total. The number of unbranched alkanes of at least 4 members (excludes halogenated alkanes) is 12. The number of aliphatic hydroxyl groups excluding tert-OH is 2. The molecular weight excluding hydrogens is 1110 g/mol. The highest BCUT2D eigenvalue weighted by Gasteiger charge is 2.35. The van der Waals surface area contributed by atoms with Gasteiger partial charge in [0.15, 0.2) is 0 Å². The predicted octanol–water partition coefficient (Wildman–Crippen LogP) is 18.8. The average Bonchev–Trinajstić information content (AvgIpc) is 1.59. The van der Waals surface area contributed by atoms with E-state index in [1.807, 2.05) is 12.1 Å². The standard InChI is InChI=1S/C79H104N6O5/c1-15-19-23-27-31-59-49(5)72-70(54-38-35-53(36-39-54)37-40-55-47-85(77(89)84-76(55)88)69-46-67(87)68(48-86)90-69)73-50(6)60(32-28-24-20-16-2)64(81-73)45-66-62(34-30-26-22-18-4)52(8)75(83-66)71(56-41-57(78(9,10)11)43-58(42-56)79(12,13)14)74-51(7)61(33-29-25-21-17-3)65(82-74)44-63(59)80-72/h35-36,38-39,41-45,47,67-69,82-83,86-87H,15-34,46,48H2,1-14H3,(H,84,88,89)/t67-,68+,69+/m0/s1. The van der Waals surface area contributed by atoms with Crippen molar-refractivity contribution >= 4 is 44.4 Å². The lowest BCUT2D eigenvalue weighted by atomic mass is 9.78. The minimum atomic E-state index is -0.955. The topological polar surface area (TPSA) is 162 Å². The normalized spacial score (nSPS) is 16.2. The van der Waals surface area contributed by atoms with Crippen molar-refractivity contribution < 1.29 is 14.9 Å². The van der Waals surface area contributed by atoms with Crippen LogP contribution in [0.2, 0.25) is 0 Å². The fourth-order valence-corrected chi connectivity index (χ4v) is 13.6. The zero-order valence-corrected chi connectivity index (χ0v) is 57.0. The first-order chi connectivity index (χ1) is 43.1. The van der Waals surface area contributed by atoms with Gasteiger partial charge >= 0.3 is 5.69 Å². The molecule has 3 aliphatic rings. The molecule has 0 aliphatic carbocycles. The van der Waals surface area contributed by atoms with Gasteiger partial charge in [-0.15, -0.1) is 0 Å². The Labute approximate surface area is 536 Å². The molecule has 5 N–H and O–H groups in total. The number of aromatic amines is 3. The van der Waals surface area contributed by atoms with Gasteiger partial charge in [-0.05, 0) is 181 Å². The van der Waals surface area contributed by atoms with Gasteiger partial charge < -0.3 is 24.9 Å². The van der Waals surface area contributed by atoms with Gasteiger partial charge in [0.1, 0.15) is 17.9 Å². The van der Waals surface area contributed by atoms with E-state index in [0.29, 0.717) is 5.56 Å². The van der Waals surface area contributed by atoms with E-state index in [2.05, 4.69) is 166 Å². The second kappa shape index (κ2) is 29.6. The van der Waals surface area contributed by atoms with Crippen molar-refractivity contribution in [3.05, 3.63) is 149 Å². The number of hydrogen-bond acceptors (Lipinski definition) is 7. The number of rotatable bonds is 24. The summed E-state index contributed by atoms with van der Waals surface area (Å²) in [6.07, 6.45) is 20.9. The van der Waals surface area contributed by atoms with E-state index in [4.69, 9.17) is 14.7 Å². The minimum Gasteiger partial charge on any atom is -0.394 e. The molecule has 4 aromatic heterocycles. The smallest absolute Gasteiger partial charge is 0.330 e. The van der Waals surface area contributed by atoms with Gasteiger partial charge in [-0.3, -0.25) is 14.3 Å². The number of H-pyrrole nitrogens is 3. The van der Waals surface area contributed by atoms with Crippen molar-refractivity contribution in [2.75, 3.05) is 6.61 Å². The molecule has 3 atom stereocenters. The molecule has 0 spiro atoms. The maximum Gasteiger partial charge on any atom is 0.330 e. The molecule has 6 aromatic rings. The van der Waals surface area contributed by atoms with Crippen LogP contribution in [-0.4, -0.2) is 58.5 Å². The van der Waals surface area contributed by atoms with E-state index in [-0.39, 0.29) is 22.8 Å². The summed E-state index contributed by atoms with van der Waals surface area (Å²) in [5.74, 6) is 6.24. The second-order valence-electron chi connectivity index (χ2n) is 28.2. The Balaban J connectivity index is 1.39. The van der Waals surface area contributed by atoms with Crippen molar-refractivity contribution in [3.8, 4) is 34.1 Å². The van der Waals surface area contributed by atoms with E-state index in [1.54, 1.807) is 0 Å². The highest BCUT2D eigenvalue weighted by atomic mass is 16.5. The summed E-state index contributed by atoms with van der Waals surface area (Å²) in [4.78, 5) is 49.0. The third-order valence-electron chi connectivity index (χ3n) is 19.3. The number of benzene rings is 2. The largest absolute Gasteiger partial charge is 0.394 e. The number of nitrogens with zero attached hydrogens (tertiary/aromatic N) is 3. The monoisotopic (exact) mass is 1220 g/mol. The summed E-state index contributed by atoms with van der Waals surface area (Å²) in [5.41, 5.74) is 25.0. The molecule has 2 aromatic carbocycles. The quantitative estimate of drug-likeness (QED) is 0.0298. The number of aliphatic hydroxyl groups is 2. The SMILES string of the molecule is CCCCCCC1=C(C)c2nc1cc1[nH]c(c(C)c1CCCCCC)c(-c1cc(C(C)(C)C)cc(C(C)(C)C)c1)c1[nH]c(cc3nc(c2-c2ccc(C#Cc4cn([C@H]5C[C@H](O)[C@@H](CO)O5)c(=O)[nH]c4=O)cc2)C(C)=C3CCCCCC)c(CCCCCC)c1C. The first kappa shape index (κ1) is 67.6. The van der Waals surface area contributed by atoms with Crippen LogP contribution in [0.5, 0.6) is 0 Å². The van der Waals surface area contributed by atoms with E-state index in [9.17, 15) is 19.8 Å². The van der Waals surface area contributed by atoms with E-state index < -0.39 is 36.3 Å². The minimum absolute atomic E-state index is 0.0790. The highest BCUT2D eigenvalue weighted by Crippen LogP contribution is 2.46. The van der Waals surface area contributed by atoms with Gasteiger partial charge in [-0.25, -0.2) is 14.8 Å². The fourth-order valence-electron chi connectivity index (χ4n) is 13.6. The van der Waals surface area contributed by atoms with E-state index in [1.165, 1.54) is 129 Å². The predicted molar refractivity (Wildman–Crippen MR) is 376 cm³/mol.